The van der Waals surface area contributed by atoms with Gasteiger partial charge in [-0.15, -0.1) is 0 Å². The van der Waals surface area contributed by atoms with Crippen molar-refractivity contribution in [2.75, 3.05) is 26.7 Å². The maximum absolute atomic E-state index is 12.5. The molecule has 0 aromatic heterocycles. The zero-order valence-electron chi connectivity index (χ0n) is 15.7. The first kappa shape index (κ1) is 18.2. The standard InChI is InChI=1S/C21H32N2O2/c1-16(15-23-11-4-3-5-12-23)22-21(24)14-18-8-6-7-17-13-19(25-2)9-10-20(17)18/h9-10,13,16,18H,3-8,11-12,14-15H2,1-2H3,(H,22,24). The number of nitrogens with one attached hydrogen (secondary N) is 1. The predicted octanol–water partition coefficient (Wildman–Crippen LogP) is 3.50. The molecule has 25 heavy (non-hydrogen) atoms. The lowest BCUT2D eigenvalue weighted by Gasteiger charge is -2.30. The highest BCUT2D eigenvalue weighted by atomic mass is 16.5. The van der Waals surface area contributed by atoms with Crippen molar-refractivity contribution in [1.29, 1.82) is 0 Å². The van der Waals surface area contributed by atoms with Crippen LogP contribution in [-0.2, 0) is 11.2 Å². The minimum absolute atomic E-state index is 0.193. The van der Waals surface area contributed by atoms with Gasteiger partial charge in [0.25, 0.3) is 0 Å². The quantitative estimate of drug-likeness (QED) is 0.859. The smallest absolute Gasteiger partial charge is 0.220 e. The number of hydrogen-bond acceptors (Lipinski definition) is 3. The van der Waals surface area contributed by atoms with E-state index in [1.165, 1.54) is 43.5 Å². The molecule has 1 fully saturated rings. The molecule has 1 saturated heterocycles. The van der Waals surface area contributed by atoms with Crippen LogP contribution in [0.5, 0.6) is 5.75 Å². The number of methoxy groups -OCH3 is 1. The van der Waals surface area contributed by atoms with Crippen LogP contribution < -0.4 is 10.1 Å². The van der Waals surface area contributed by atoms with Crippen molar-refractivity contribution < 1.29 is 9.53 Å². The van der Waals surface area contributed by atoms with E-state index in [-0.39, 0.29) is 11.9 Å². The molecule has 2 atom stereocenters. The normalized spacial score (nSPS) is 22.1. The van der Waals surface area contributed by atoms with Gasteiger partial charge in [0.05, 0.1) is 7.11 Å². The Morgan fingerprint density at radius 3 is 2.84 bits per heavy atom. The molecule has 0 bridgehead atoms. The van der Waals surface area contributed by atoms with E-state index in [2.05, 4.69) is 29.3 Å². The molecular formula is C21H32N2O2. The number of rotatable bonds is 6. The largest absolute Gasteiger partial charge is 0.497 e. The molecule has 0 saturated carbocycles. The van der Waals surface area contributed by atoms with Crippen LogP contribution in [-0.4, -0.2) is 43.6 Å². The number of benzene rings is 1. The third-order valence-corrected chi connectivity index (χ3v) is 5.61. The highest BCUT2D eigenvalue weighted by Gasteiger charge is 2.24. The number of ether oxygens (including phenoxy) is 1. The topological polar surface area (TPSA) is 41.6 Å². The Morgan fingerprint density at radius 1 is 1.28 bits per heavy atom. The maximum atomic E-state index is 12.5. The summed E-state index contributed by atoms with van der Waals surface area (Å²) in [6.07, 6.45) is 7.89. The van der Waals surface area contributed by atoms with Gasteiger partial charge >= 0.3 is 0 Å². The molecule has 1 aliphatic heterocycles. The van der Waals surface area contributed by atoms with Gasteiger partial charge in [0.15, 0.2) is 0 Å². The van der Waals surface area contributed by atoms with Crippen LogP contribution >= 0.6 is 0 Å². The molecule has 1 N–H and O–H groups in total. The number of carbonyl (C=O) groups excluding carboxylic acids is 1. The fourth-order valence-corrected chi connectivity index (χ4v) is 4.36. The van der Waals surface area contributed by atoms with Crippen molar-refractivity contribution in [3.05, 3.63) is 29.3 Å². The number of amides is 1. The number of nitrogens with zero attached hydrogens (tertiary/aromatic N) is 1. The summed E-state index contributed by atoms with van der Waals surface area (Å²) < 4.78 is 5.34. The molecule has 2 unspecified atom stereocenters. The summed E-state index contributed by atoms with van der Waals surface area (Å²) in [5.41, 5.74) is 2.69. The number of carbonyl (C=O) groups is 1. The van der Waals surface area contributed by atoms with E-state index in [9.17, 15) is 4.79 Å². The van der Waals surface area contributed by atoms with Gasteiger partial charge < -0.3 is 15.0 Å². The second kappa shape index (κ2) is 8.70. The lowest BCUT2D eigenvalue weighted by atomic mass is 9.81. The molecule has 1 amide bonds. The molecule has 3 rings (SSSR count). The number of piperidine rings is 1. The monoisotopic (exact) mass is 344 g/mol. The molecule has 1 aromatic carbocycles. The van der Waals surface area contributed by atoms with Gasteiger partial charge in [-0.25, -0.2) is 0 Å². The zero-order chi connectivity index (χ0) is 17.6. The summed E-state index contributed by atoms with van der Waals surface area (Å²) in [7, 11) is 1.71. The van der Waals surface area contributed by atoms with Crippen molar-refractivity contribution in [2.24, 2.45) is 0 Å². The van der Waals surface area contributed by atoms with Crippen LogP contribution in [0.25, 0.3) is 0 Å². The van der Waals surface area contributed by atoms with Crippen molar-refractivity contribution in [1.82, 2.24) is 10.2 Å². The van der Waals surface area contributed by atoms with Crippen molar-refractivity contribution in [2.45, 2.75) is 63.8 Å². The summed E-state index contributed by atoms with van der Waals surface area (Å²) in [6, 6.07) is 6.54. The summed E-state index contributed by atoms with van der Waals surface area (Å²) >= 11 is 0. The third-order valence-electron chi connectivity index (χ3n) is 5.61. The minimum Gasteiger partial charge on any atom is -0.497 e. The molecule has 1 heterocycles. The van der Waals surface area contributed by atoms with E-state index in [4.69, 9.17) is 4.74 Å². The van der Waals surface area contributed by atoms with Crippen molar-refractivity contribution in [3.8, 4) is 5.75 Å². The molecule has 4 heteroatoms. The number of fused-ring (bicyclic) bond motifs is 1. The van der Waals surface area contributed by atoms with Crippen LogP contribution in [0.1, 0.15) is 62.5 Å². The second-order valence-corrected chi connectivity index (χ2v) is 7.69. The molecule has 0 radical (unpaired) electrons. The van der Waals surface area contributed by atoms with Crippen LogP contribution in [0.2, 0.25) is 0 Å². The summed E-state index contributed by atoms with van der Waals surface area (Å²) in [5.74, 6) is 1.45. The van der Waals surface area contributed by atoms with Crippen molar-refractivity contribution >= 4 is 5.91 Å². The molecule has 1 aliphatic carbocycles. The number of likely N-dealkylation sites (tertiary alicyclic amines) is 1. The van der Waals surface area contributed by atoms with Gasteiger partial charge in [0.2, 0.25) is 5.91 Å². The van der Waals surface area contributed by atoms with Gasteiger partial charge in [0, 0.05) is 19.0 Å². The Balaban J connectivity index is 1.53. The number of hydrogen-bond donors (Lipinski definition) is 1. The Labute approximate surface area is 151 Å². The number of aryl methyl sites for hydroxylation is 1. The first-order valence-corrected chi connectivity index (χ1v) is 9.84. The van der Waals surface area contributed by atoms with E-state index in [1.807, 2.05) is 6.07 Å². The van der Waals surface area contributed by atoms with Crippen molar-refractivity contribution in [3.63, 3.8) is 0 Å². The maximum Gasteiger partial charge on any atom is 0.220 e. The Kier molecular flexibility index (Phi) is 6.35. The minimum atomic E-state index is 0.193. The summed E-state index contributed by atoms with van der Waals surface area (Å²) in [5, 5.41) is 3.22. The SMILES string of the molecule is COc1ccc2c(c1)CCCC2CC(=O)NC(C)CN1CCCCC1. The lowest BCUT2D eigenvalue weighted by Crippen LogP contribution is -2.44. The van der Waals surface area contributed by atoms with Crippen LogP contribution in [0, 0.1) is 0 Å². The van der Waals surface area contributed by atoms with E-state index in [0.717, 1.165) is 31.6 Å². The van der Waals surface area contributed by atoms with Gasteiger partial charge in [0.1, 0.15) is 5.75 Å². The van der Waals surface area contributed by atoms with Crippen LogP contribution in [0.3, 0.4) is 0 Å². The van der Waals surface area contributed by atoms with E-state index >= 15 is 0 Å². The summed E-state index contributed by atoms with van der Waals surface area (Å²) in [4.78, 5) is 15.0. The van der Waals surface area contributed by atoms with Gasteiger partial charge in [-0.2, -0.15) is 0 Å². The molecule has 4 nitrogen and oxygen atoms in total. The van der Waals surface area contributed by atoms with Gasteiger partial charge in [-0.05, 0) is 81.3 Å². The Bertz CT molecular complexity index is 581. The zero-order valence-corrected chi connectivity index (χ0v) is 15.7. The molecular weight excluding hydrogens is 312 g/mol. The fraction of sp³-hybridized carbons (Fsp3) is 0.667. The van der Waals surface area contributed by atoms with Crippen LogP contribution in [0.15, 0.2) is 18.2 Å². The summed E-state index contributed by atoms with van der Waals surface area (Å²) in [6.45, 7) is 5.46. The lowest BCUT2D eigenvalue weighted by molar-refractivity contribution is -0.122. The highest BCUT2D eigenvalue weighted by Crippen LogP contribution is 2.35. The second-order valence-electron chi connectivity index (χ2n) is 7.69. The first-order valence-electron chi connectivity index (χ1n) is 9.84. The molecule has 2 aliphatic rings. The Morgan fingerprint density at radius 2 is 2.08 bits per heavy atom. The van der Waals surface area contributed by atoms with E-state index in [1.54, 1.807) is 7.11 Å². The predicted molar refractivity (Wildman–Crippen MR) is 101 cm³/mol. The van der Waals surface area contributed by atoms with Crippen LogP contribution in [0.4, 0.5) is 0 Å². The highest BCUT2D eigenvalue weighted by molar-refractivity contribution is 5.77. The average Bonchev–Trinajstić information content (AvgIpc) is 2.62. The Hall–Kier alpha value is -1.55. The molecule has 138 valence electrons. The average molecular weight is 344 g/mol. The van der Waals surface area contributed by atoms with E-state index < -0.39 is 0 Å². The van der Waals surface area contributed by atoms with E-state index in [0.29, 0.717) is 12.3 Å². The first-order chi connectivity index (χ1) is 12.2. The molecule has 1 aromatic rings. The third kappa shape index (κ3) is 4.97. The van der Waals surface area contributed by atoms with Gasteiger partial charge in [-0.3, -0.25) is 4.79 Å². The fourth-order valence-electron chi connectivity index (χ4n) is 4.36. The van der Waals surface area contributed by atoms with Gasteiger partial charge in [-0.1, -0.05) is 12.5 Å². The molecule has 0 spiro atoms.